The first-order valence-electron chi connectivity index (χ1n) is 8.05. The summed E-state index contributed by atoms with van der Waals surface area (Å²) in [5.74, 6) is -1.06. The third kappa shape index (κ3) is 4.54. The van der Waals surface area contributed by atoms with E-state index in [0.29, 0.717) is 12.2 Å². The Morgan fingerprint density at radius 3 is 2.35 bits per heavy atom. The molecule has 1 saturated heterocycles. The lowest BCUT2D eigenvalue weighted by Crippen LogP contribution is -2.44. The highest BCUT2D eigenvalue weighted by Crippen LogP contribution is 2.34. The lowest BCUT2D eigenvalue weighted by molar-refractivity contribution is -0.134. The van der Waals surface area contributed by atoms with E-state index in [0.717, 1.165) is 43.5 Å². The summed E-state index contributed by atoms with van der Waals surface area (Å²) in [4.78, 5) is 43.7. The second-order valence-electron chi connectivity index (χ2n) is 5.81. The van der Waals surface area contributed by atoms with Crippen LogP contribution in [0.1, 0.15) is 18.4 Å². The number of likely N-dealkylation sites (N-methyl/N-ethyl adjacent to an activating group) is 1. The number of carboxylic acids is 2. The molecule has 26 heavy (non-hydrogen) atoms. The number of hydrogen-bond donors (Lipinski definition) is 3. The average Bonchev–Trinajstić information content (AvgIpc) is 2.85. The molecule has 1 amide bonds. The minimum atomic E-state index is -1.26. The molecule has 10 heteroatoms. The molecule has 3 N–H and O–H groups in total. The van der Waals surface area contributed by atoms with Crippen LogP contribution in [0.3, 0.4) is 0 Å². The summed E-state index contributed by atoms with van der Waals surface area (Å²) < 4.78 is 0. The number of aromatic nitrogens is 2. The quantitative estimate of drug-likeness (QED) is 0.617. The van der Waals surface area contributed by atoms with Gasteiger partial charge >= 0.3 is 11.9 Å². The normalized spacial score (nSPS) is 19.2. The number of anilines is 2. The Morgan fingerprint density at radius 2 is 1.81 bits per heavy atom. The summed E-state index contributed by atoms with van der Waals surface area (Å²) in [5.41, 5.74) is 0.932. The molecule has 1 atom stereocenters. The molecule has 3 heterocycles. The van der Waals surface area contributed by atoms with Gasteiger partial charge in [0.1, 0.15) is 5.82 Å². The first-order valence-corrected chi connectivity index (χ1v) is 8.05. The van der Waals surface area contributed by atoms with Crippen molar-refractivity contribution in [2.75, 3.05) is 43.0 Å². The summed E-state index contributed by atoms with van der Waals surface area (Å²) in [5, 5.41) is 18.9. The number of carboxylic acid groups (broad SMARTS) is 2. The standard InChI is InChI=1S/C12H17N5O.C4H4O4/c1-8-9-7-14-12(17-5-3-13-4-6-17)15-10(9)16(2)11(8)18;5-3(6)1-2-4(7)8/h7-8,13H,3-6H2,1-2H3;1-2H,(H,5,6)(H,7,8)/b;2-1-. The predicted molar refractivity (Wildman–Crippen MR) is 93.4 cm³/mol. The Morgan fingerprint density at radius 1 is 1.23 bits per heavy atom. The molecule has 1 fully saturated rings. The van der Waals surface area contributed by atoms with Crippen molar-refractivity contribution in [3.8, 4) is 0 Å². The molecule has 0 aliphatic carbocycles. The molecular weight excluding hydrogens is 342 g/mol. The van der Waals surface area contributed by atoms with E-state index in [2.05, 4.69) is 20.2 Å². The number of nitrogens with zero attached hydrogens (tertiary/aromatic N) is 4. The van der Waals surface area contributed by atoms with Crippen molar-refractivity contribution in [1.82, 2.24) is 15.3 Å². The summed E-state index contributed by atoms with van der Waals surface area (Å²) in [6.07, 6.45) is 2.91. The van der Waals surface area contributed by atoms with E-state index < -0.39 is 11.9 Å². The van der Waals surface area contributed by atoms with E-state index in [-0.39, 0.29) is 11.8 Å². The fourth-order valence-electron chi connectivity index (χ4n) is 2.63. The van der Waals surface area contributed by atoms with E-state index in [1.807, 2.05) is 6.92 Å². The van der Waals surface area contributed by atoms with Crippen LogP contribution in [0.4, 0.5) is 11.8 Å². The first-order chi connectivity index (χ1) is 12.3. The van der Waals surface area contributed by atoms with Crippen LogP contribution in [-0.2, 0) is 14.4 Å². The summed E-state index contributed by atoms with van der Waals surface area (Å²) >= 11 is 0. The van der Waals surface area contributed by atoms with Crippen molar-refractivity contribution in [2.24, 2.45) is 0 Å². The number of carbonyl (C=O) groups is 3. The van der Waals surface area contributed by atoms with Crippen molar-refractivity contribution in [3.05, 3.63) is 23.9 Å². The molecule has 10 nitrogen and oxygen atoms in total. The van der Waals surface area contributed by atoms with Crippen LogP contribution >= 0.6 is 0 Å². The van der Waals surface area contributed by atoms with Crippen molar-refractivity contribution >= 4 is 29.6 Å². The lowest BCUT2D eigenvalue weighted by Gasteiger charge is -2.27. The second kappa shape index (κ2) is 8.39. The van der Waals surface area contributed by atoms with Crippen LogP contribution in [0, 0.1) is 0 Å². The van der Waals surface area contributed by atoms with Gasteiger partial charge in [0, 0.05) is 57.1 Å². The monoisotopic (exact) mass is 363 g/mol. The molecule has 0 aromatic carbocycles. The van der Waals surface area contributed by atoms with Crippen LogP contribution in [0.25, 0.3) is 0 Å². The lowest BCUT2D eigenvalue weighted by atomic mass is 10.1. The second-order valence-corrected chi connectivity index (χ2v) is 5.81. The predicted octanol–water partition coefficient (Wildman–Crippen LogP) is -0.322. The Balaban J connectivity index is 0.000000260. The SMILES string of the molecule is CC1C(=O)N(C)c2nc(N3CCNCC3)ncc21.O=C(O)/C=C\C(=O)O. The topological polar surface area (TPSA) is 136 Å². The van der Waals surface area contributed by atoms with Gasteiger partial charge in [-0.25, -0.2) is 14.6 Å². The van der Waals surface area contributed by atoms with Gasteiger partial charge in [-0.1, -0.05) is 0 Å². The molecule has 0 saturated carbocycles. The van der Waals surface area contributed by atoms with Crippen molar-refractivity contribution < 1.29 is 24.6 Å². The summed E-state index contributed by atoms with van der Waals surface area (Å²) in [6, 6.07) is 0. The van der Waals surface area contributed by atoms with E-state index in [1.54, 1.807) is 18.1 Å². The smallest absolute Gasteiger partial charge is 0.328 e. The van der Waals surface area contributed by atoms with E-state index >= 15 is 0 Å². The number of rotatable bonds is 3. The third-order valence-electron chi connectivity index (χ3n) is 4.04. The molecule has 2 aliphatic heterocycles. The van der Waals surface area contributed by atoms with E-state index in [1.165, 1.54) is 0 Å². The maximum Gasteiger partial charge on any atom is 0.328 e. The van der Waals surface area contributed by atoms with Gasteiger partial charge in [-0.3, -0.25) is 9.69 Å². The Bertz CT molecular complexity index is 714. The van der Waals surface area contributed by atoms with Gasteiger partial charge in [0.05, 0.1) is 5.92 Å². The maximum absolute atomic E-state index is 11.9. The molecule has 1 unspecified atom stereocenters. The van der Waals surface area contributed by atoms with Crippen LogP contribution in [0.15, 0.2) is 18.3 Å². The number of nitrogens with one attached hydrogen (secondary N) is 1. The first kappa shape index (κ1) is 19.3. The van der Waals surface area contributed by atoms with Gasteiger partial charge < -0.3 is 20.4 Å². The zero-order valence-electron chi connectivity index (χ0n) is 14.5. The molecule has 140 valence electrons. The van der Waals surface area contributed by atoms with Gasteiger partial charge in [-0.2, -0.15) is 4.98 Å². The highest BCUT2D eigenvalue weighted by atomic mass is 16.4. The van der Waals surface area contributed by atoms with Crippen LogP contribution in [0.2, 0.25) is 0 Å². The van der Waals surface area contributed by atoms with Gasteiger partial charge in [0.15, 0.2) is 0 Å². The number of carbonyl (C=O) groups excluding carboxylic acids is 1. The fourth-order valence-corrected chi connectivity index (χ4v) is 2.63. The highest BCUT2D eigenvalue weighted by Gasteiger charge is 2.34. The summed E-state index contributed by atoms with van der Waals surface area (Å²) in [6.45, 7) is 5.62. The number of aliphatic carboxylic acids is 2. The number of hydrogen-bond acceptors (Lipinski definition) is 7. The van der Waals surface area contributed by atoms with Crippen LogP contribution in [0.5, 0.6) is 0 Å². The Kier molecular flexibility index (Phi) is 6.23. The maximum atomic E-state index is 11.9. The zero-order valence-corrected chi connectivity index (χ0v) is 14.5. The largest absolute Gasteiger partial charge is 0.478 e. The fraction of sp³-hybridized carbons (Fsp3) is 0.438. The minimum absolute atomic E-state index is 0.0942. The molecule has 3 rings (SSSR count). The Labute approximate surface area is 150 Å². The number of fused-ring (bicyclic) bond motifs is 1. The van der Waals surface area contributed by atoms with Gasteiger partial charge in [0.25, 0.3) is 0 Å². The van der Waals surface area contributed by atoms with Crippen molar-refractivity contribution in [3.63, 3.8) is 0 Å². The van der Waals surface area contributed by atoms with Gasteiger partial charge in [-0.05, 0) is 6.92 Å². The number of amides is 1. The van der Waals surface area contributed by atoms with E-state index in [4.69, 9.17) is 10.2 Å². The third-order valence-corrected chi connectivity index (χ3v) is 4.04. The van der Waals surface area contributed by atoms with E-state index in [9.17, 15) is 14.4 Å². The molecule has 2 aliphatic rings. The van der Waals surface area contributed by atoms with Gasteiger partial charge in [0.2, 0.25) is 11.9 Å². The van der Waals surface area contributed by atoms with Crippen LogP contribution < -0.4 is 15.1 Å². The molecular formula is C16H21N5O5. The zero-order chi connectivity index (χ0) is 19.3. The van der Waals surface area contributed by atoms with Crippen molar-refractivity contribution in [2.45, 2.75) is 12.8 Å². The summed E-state index contributed by atoms with van der Waals surface area (Å²) in [7, 11) is 1.78. The molecule has 1 aromatic heterocycles. The van der Waals surface area contributed by atoms with Crippen LogP contribution in [-0.4, -0.2) is 71.3 Å². The van der Waals surface area contributed by atoms with Gasteiger partial charge in [-0.15, -0.1) is 0 Å². The Hall–Kier alpha value is -3.01. The molecule has 0 radical (unpaired) electrons. The molecule has 0 spiro atoms. The minimum Gasteiger partial charge on any atom is -0.478 e. The molecule has 1 aromatic rings. The highest BCUT2D eigenvalue weighted by molar-refractivity contribution is 6.03. The molecule has 0 bridgehead atoms. The number of piperazine rings is 1. The average molecular weight is 363 g/mol. The van der Waals surface area contributed by atoms with Crippen molar-refractivity contribution in [1.29, 1.82) is 0 Å².